The van der Waals surface area contributed by atoms with E-state index in [0.29, 0.717) is 22.2 Å². The molecule has 1 unspecified atom stereocenters. The highest BCUT2D eigenvalue weighted by atomic mass is 79.9. The van der Waals surface area contributed by atoms with Gasteiger partial charge in [0.05, 0.1) is 17.7 Å². The molecule has 0 heterocycles. The van der Waals surface area contributed by atoms with Crippen molar-refractivity contribution in [2.45, 2.75) is 26.4 Å². The molecule has 0 aromatic heterocycles. The van der Waals surface area contributed by atoms with Crippen LogP contribution in [0.15, 0.2) is 10.5 Å². The highest BCUT2D eigenvalue weighted by Gasteiger charge is 2.15. The number of ether oxygens (including phenoxy) is 1. The largest absolute Gasteiger partial charge is 0.496 e. The number of aliphatic hydroxyl groups excluding tert-OH is 1. The molecule has 1 aromatic rings. The van der Waals surface area contributed by atoms with Crippen LogP contribution >= 0.6 is 15.9 Å². The number of hydrogen-bond acceptors (Lipinski definition) is 2. The van der Waals surface area contributed by atoms with Gasteiger partial charge in [-0.15, -0.1) is 0 Å². The van der Waals surface area contributed by atoms with Gasteiger partial charge in [-0.05, 0) is 41.4 Å². The standard InChI is InChI=1S/C11H14BrFO2/c1-6(14)4-8-5-9(12)10(13)7(2)11(8)15-3/h5-6,14H,4H2,1-3H3. The fourth-order valence-corrected chi connectivity index (χ4v) is 2.13. The topological polar surface area (TPSA) is 29.5 Å². The van der Waals surface area contributed by atoms with Crippen molar-refractivity contribution < 1.29 is 14.2 Å². The molecule has 84 valence electrons. The minimum Gasteiger partial charge on any atom is -0.496 e. The van der Waals surface area contributed by atoms with Crippen molar-refractivity contribution in [1.29, 1.82) is 0 Å². The first kappa shape index (κ1) is 12.5. The van der Waals surface area contributed by atoms with Crippen molar-refractivity contribution >= 4 is 15.9 Å². The third-order valence-corrected chi connectivity index (χ3v) is 2.77. The number of methoxy groups -OCH3 is 1. The van der Waals surface area contributed by atoms with Crippen molar-refractivity contribution in [2.75, 3.05) is 7.11 Å². The van der Waals surface area contributed by atoms with Gasteiger partial charge in [0.25, 0.3) is 0 Å². The molecule has 4 heteroatoms. The first-order valence-corrected chi connectivity index (χ1v) is 5.46. The van der Waals surface area contributed by atoms with Gasteiger partial charge < -0.3 is 9.84 Å². The lowest BCUT2D eigenvalue weighted by molar-refractivity contribution is 0.194. The van der Waals surface area contributed by atoms with E-state index in [-0.39, 0.29) is 5.82 Å². The molecule has 0 spiro atoms. The highest BCUT2D eigenvalue weighted by Crippen LogP contribution is 2.31. The maximum atomic E-state index is 13.5. The van der Waals surface area contributed by atoms with Crippen LogP contribution in [0.5, 0.6) is 5.75 Å². The Kier molecular flexibility index (Phi) is 4.11. The second-order valence-corrected chi connectivity index (χ2v) is 4.40. The Morgan fingerprint density at radius 3 is 2.67 bits per heavy atom. The maximum absolute atomic E-state index is 13.5. The van der Waals surface area contributed by atoms with Crippen molar-refractivity contribution in [2.24, 2.45) is 0 Å². The van der Waals surface area contributed by atoms with E-state index in [9.17, 15) is 9.50 Å². The zero-order chi connectivity index (χ0) is 11.6. The van der Waals surface area contributed by atoms with E-state index in [2.05, 4.69) is 15.9 Å². The Labute approximate surface area is 97.2 Å². The average molecular weight is 277 g/mol. The third-order valence-electron chi connectivity index (χ3n) is 2.19. The summed E-state index contributed by atoms with van der Waals surface area (Å²) in [5.41, 5.74) is 1.26. The Morgan fingerprint density at radius 1 is 1.60 bits per heavy atom. The Morgan fingerprint density at radius 2 is 2.20 bits per heavy atom. The third kappa shape index (κ3) is 2.69. The molecule has 0 saturated carbocycles. The summed E-state index contributed by atoms with van der Waals surface area (Å²) in [7, 11) is 1.50. The molecule has 0 aliphatic carbocycles. The van der Waals surface area contributed by atoms with Gasteiger partial charge in [-0.1, -0.05) is 0 Å². The summed E-state index contributed by atoms with van der Waals surface area (Å²) in [6.07, 6.45) is -0.0289. The second kappa shape index (κ2) is 4.94. The summed E-state index contributed by atoms with van der Waals surface area (Å²) in [5, 5.41) is 9.31. The summed E-state index contributed by atoms with van der Waals surface area (Å²) < 4.78 is 19.0. The van der Waals surface area contributed by atoms with E-state index in [1.807, 2.05) is 0 Å². The zero-order valence-electron chi connectivity index (χ0n) is 8.97. The van der Waals surface area contributed by atoms with Gasteiger partial charge in [-0.2, -0.15) is 0 Å². The van der Waals surface area contributed by atoms with Crippen molar-refractivity contribution in [3.05, 3.63) is 27.5 Å². The lowest BCUT2D eigenvalue weighted by atomic mass is 10.0. The van der Waals surface area contributed by atoms with E-state index in [0.717, 1.165) is 5.56 Å². The molecule has 0 amide bonds. The molecule has 0 bridgehead atoms. The lowest BCUT2D eigenvalue weighted by Crippen LogP contribution is -2.07. The Bertz CT molecular complexity index is 364. The molecule has 2 nitrogen and oxygen atoms in total. The molecule has 0 fully saturated rings. The zero-order valence-corrected chi connectivity index (χ0v) is 10.6. The summed E-state index contributed by atoms with van der Waals surface area (Å²) in [6.45, 7) is 3.34. The maximum Gasteiger partial charge on any atom is 0.143 e. The van der Waals surface area contributed by atoms with Crippen LogP contribution in [0.2, 0.25) is 0 Å². The Balaban J connectivity index is 3.25. The molecular weight excluding hydrogens is 263 g/mol. The Hall–Kier alpha value is -0.610. The summed E-state index contributed by atoms with van der Waals surface area (Å²) in [4.78, 5) is 0. The van der Waals surface area contributed by atoms with Gasteiger partial charge in [-0.25, -0.2) is 4.39 Å². The minimum absolute atomic E-state index is 0.318. The SMILES string of the molecule is COc1c(CC(C)O)cc(Br)c(F)c1C. The average Bonchev–Trinajstić information content (AvgIpc) is 2.14. The summed E-state index contributed by atoms with van der Waals surface area (Å²) in [5.74, 6) is 0.192. The van der Waals surface area contributed by atoms with Crippen LogP contribution in [0.25, 0.3) is 0 Å². The molecule has 0 saturated heterocycles. The monoisotopic (exact) mass is 276 g/mol. The second-order valence-electron chi connectivity index (χ2n) is 3.54. The van der Waals surface area contributed by atoms with Gasteiger partial charge in [0, 0.05) is 12.0 Å². The molecule has 1 N–H and O–H groups in total. The molecule has 15 heavy (non-hydrogen) atoms. The quantitative estimate of drug-likeness (QED) is 0.920. The minimum atomic E-state index is -0.476. The van der Waals surface area contributed by atoms with E-state index in [1.165, 1.54) is 7.11 Å². The number of benzene rings is 1. The van der Waals surface area contributed by atoms with Crippen LogP contribution in [0.1, 0.15) is 18.1 Å². The van der Waals surface area contributed by atoms with Crippen LogP contribution in [0, 0.1) is 12.7 Å². The van der Waals surface area contributed by atoms with E-state index in [4.69, 9.17) is 4.74 Å². The fraction of sp³-hybridized carbons (Fsp3) is 0.455. The van der Waals surface area contributed by atoms with Crippen LogP contribution in [0.4, 0.5) is 4.39 Å². The molecule has 1 aromatic carbocycles. The molecule has 1 atom stereocenters. The fourth-order valence-electron chi connectivity index (χ4n) is 1.56. The molecule has 0 aliphatic rings. The van der Waals surface area contributed by atoms with Crippen LogP contribution in [-0.4, -0.2) is 18.3 Å². The number of halogens is 2. The summed E-state index contributed by atoms with van der Waals surface area (Å²) >= 11 is 3.14. The van der Waals surface area contributed by atoms with E-state index in [1.54, 1.807) is 19.9 Å². The van der Waals surface area contributed by atoms with Crippen LogP contribution in [0.3, 0.4) is 0 Å². The van der Waals surface area contributed by atoms with Gasteiger partial charge in [-0.3, -0.25) is 0 Å². The van der Waals surface area contributed by atoms with Gasteiger partial charge >= 0.3 is 0 Å². The molecule has 0 radical (unpaired) electrons. The number of aliphatic hydroxyl groups is 1. The highest BCUT2D eigenvalue weighted by molar-refractivity contribution is 9.10. The molecular formula is C11H14BrFO2. The van der Waals surface area contributed by atoms with Gasteiger partial charge in [0.15, 0.2) is 0 Å². The normalized spacial score (nSPS) is 12.7. The van der Waals surface area contributed by atoms with Crippen molar-refractivity contribution in [1.82, 2.24) is 0 Å². The van der Waals surface area contributed by atoms with Crippen molar-refractivity contribution in [3.63, 3.8) is 0 Å². The number of hydrogen-bond donors (Lipinski definition) is 1. The molecule has 1 rings (SSSR count). The van der Waals surface area contributed by atoms with Crippen LogP contribution in [-0.2, 0) is 6.42 Å². The summed E-state index contributed by atoms with van der Waals surface area (Å²) in [6, 6.07) is 1.65. The lowest BCUT2D eigenvalue weighted by Gasteiger charge is -2.14. The smallest absolute Gasteiger partial charge is 0.143 e. The van der Waals surface area contributed by atoms with Crippen molar-refractivity contribution in [3.8, 4) is 5.75 Å². The number of rotatable bonds is 3. The predicted octanol–water partition coefficient (Wildman–Crippen LogP) is 2.83. The van der Waals surface area contributed by atoms with E-state index < -0.39 is 6.10 Å². The van der Waals surface area contributed by atoms with Gasteiger partial charge in [0.2, 0.25) is 0 Å². The van der Waals surface area contributed by atoms with Gasteiger partial charge in [0.1, 0.15) is 11.6 Å². The van der Waals surface area contributed by atoms with E-state index >= 15 is 0 Å². The van der Waals surface area contributed by atoms with Crippen LogP contribution < -0.4 is 4.74 Å². The molecule has 0 aliphatic heterocycles. The first-order chi connectivity index (χ1) is 6.97. The first-order valence-electron chi connectivity index (χ1n) is 4.67. The predicted molar refractivity (Wildman–Crippen MR) is 60.8 cm³/mol.